The Balaban J connectivity index is 1.70. The minimum Gasteiger partial charge on any atom is -0.341 e. The van der Waals surface area contributed by atoms with Gasteiger partial charge in [-0.25, -0.2) is 0 Å². The summed E-state index contributed by atoms with van der Waals surface area (Å²) in [4.78, 5) is 42.8. The number of hydrogen-bond donors (Lipinski definition) is 1. The monoisotopic (exact) mass is 427 g/mol. The van der Waals surface area contributed by atoms with Crippen molar-refractivity contribution in [1.29, 1.82) is 0 Å². The molecule has 3 amide bonds. The first-order valence-electron chi connectivity index (χ1n) is 10.5. The molecule has 1 saturated heterocycles. The minimum atomic E-state index is -0.575. The summed E-state index contributed by atoms with van der Waals surface area (Å²) in [5.41, 5.74) is 0.678. The smallest absolute Gasteiger partial charge is 0.262 e. The van der Waals surface area contributed by atoms with Crippen molar-refractivity contribution in [3.63, 3.8) is 0 Å². The number of piperidine rings is 1. The van der Waals surface area contributed by atoms with Crippen molar-refractivity contribution in [3.05, 3.63) is 58.3 Å². The second-order valence-corrected chi connectivity index (χ2v) is 8.38. The van der Waals surface area contributed by atoms with Gasteiger partial charge < -0.3 is 15.1 Å². The Kier molecular flexibility index (Phi) is 7.63. The van der Waals surface area contributed by atoms with Crippen molar-refractivity contribution in [3.8, 4) is 0 Å². The van der Waals surface area contributed by atoms with Crippen LogP contribution in [0.2, 0.25) is 0 Å². The fourth-order valence-electron chi connectivity index (χ4n) is 3.93. The van der Waals surface area contributed by atoms with Gasteiger partial charge in [0.15, 0.2) is 0 Å². The van der Waals surface area contributed by atoms with Crippen LogP contribution < -0.4 is 5.32 Å². The van der Waals surface area contributed by atoms with E-state index in [9.17, 15) is 14.4 Å². The summed E-state index contributed by atoms with van der Waals surface area (Å²) in [5, 5.41) is 4.84. The number of rotatable bonds is 7. The molecule has 1 aromatic heterocycles. The third-order valence-electron chi connectivity index (χ3n) is 5.69. The predicted molar refractivity (Wildman–Crippen MR) is 119 cm³/mol. The molecule has 7 heteroatoms. The number of thiophene rings is 1. The molecule has 0 saturated carbocycles. The molecule has 0 aliphatic carbocycles. The lowest BCUT2D eigenvalue weighted by Crippen LogP contribution is -2.54. The zero-order valence-corrected chi connectivity index (χ0v) is 18.4. The van der Waals surface area contributed by atoms with Gasteiger partial charge in [0.2, 0.25) is 5.91 Å². The first-order valence-corrected chi connectivity index (χ1v) is 11.4. The lowest BCUT2D eigenvalue weighted by molar-refractivity contribution is -0.134. The van der Waals surface area contributed by atoms with E-state index in [1.54, 1.807) is 11.0 Å². The zero-order chi connectivity index (χ0) is 21.5. The molecule has 0 bridgehead atoms. The van der Waals surface area contributed by atoms with Crippen molar-refractivity contribution in [2.75, 3.05) is 26.2 Å². The molecule has 0 radical (unpaired) electrons. The van der Waals surface area contributed by atoms with E-state index in [1.165, 1.54) is 11.3 Å². The second kappa shape index (κ2) is 10.4. The number of amides is 3. The Hall–Kier alpha value is -2.67. The van der Waals surface area contributed by atoms with E-state index in [1.807, 2.05) is 60.5 Å². The number of nitrogens with zero attached hydrogens (tertiary/aromatic N) is 2. The third kappa shape index (κ3) is 5.08. The molecular weight excluding hydrogens is 398 g/mol. The van der Waals surface area contributed by atoms with Crippen molar-refractivity contribution >= 4 is 29.1 Å². The Morgan fingerprint density at radius 3 is 2.30 bits per heavy atom. The highest BCUT2D eigenvalue weighted by Gasteiger charge is 2.35. The molecule has 1 N–H and O–H groups in total. The molecule has 2 heterocycles. The van der Waals surface area contributed by atoms with Gasteiger partial charge in [-0.1, -0.05) is 24.3 Å². The topological polar surface area (TPSA) is 69.7 Å². The summed E-state index contributed by atoms with van der Waals surface area (Å²) >= 11 is 1.36. The van der Waals surface area contributed by atoms with Crippen molar-refractivity contribution < 1.29 is 14.4 Å². The van der Waals surface area contributed by atoms with Crippen LogP contribution in [0.15, 0.2) is 47.8 Å². The molecule has 3 rings (SSSR count). The molecule has 160 valence electrons. The molecule has 1 fully saturated rings. The lowest BCUT2D eigenvalue weighted by atomic mass is 9.88. The molecular formula is C23H29N3O3S. The van der Waals surface area contributed by atoms with Gasteiger partial charge in [-0.2, -0.15) is 0 Å². The summed E-state index contributed by atoms with van der Waals surface area (Å²) in [6.45, 7) is 6.25. The molecule has 30 heavy (non-hydrogen) atoms. The van der Waals surface area contributed by atoms with Crippen LogP contribution in [0.5, 0.6) is 0 Å². The Morgan fingerprint density at radius 1 is 1.07 bits per heavy atom. The molecule has 2 aromatic rings. The summed E-state index contributed by atoms with van der Waals surface area (Å²) < 4.78 is 0. The number of nitrogens with one attached hydrogen (secondary N) is 1. The second-order valence-electron chi connectivity index (χ2n) is 7.43. The van der Waals surface area contributed by atoms with E-state index in [-0.39, 0.29) is 23.6 Å². The fraction of sp³-hybridized carbons (Fsp3) is 0.435. The van der Waals surface area contributed by atoms with Crippen LogP contribution in [0.1, 0.15) is 46.7 Å². The van der Waals surface area contributed by atoms with Gasteiger partial charge >= 0.3 is 0 Å². The number of benzene rings is 1. The van der Waals surface area contributed by atoms with Crippen LogP contribution in [-0.4, -0.2) is 59.7 Å². The highest BCUT2D eigenvalue weighted by atomic mass is 32.1. The van der Waals surface area contributed by atoms with Gasteiger partial charge in [0.1, 0.15) is 6.04 Å². The SMILES string of the molecule is CCN(CC)C(=O)C(NC(=O)c1cccs1)C1CCN(C(=O)c2ccccc2)CC1. The van der Waals surface area contributed by atoms with Gasteiger partial charge in [-0.05, 0) is 56.2 Å². The van der Waals surface area contributed by atoms with Crippen LogP contribution in [0.3, 0.4) is 0 Å². The largest absolute Gasteiger partial charge is 0.341 e. The van der Waals surface area contributed by atoms with Gasteiger partial charge in [0.05, 0.1) is 4.88 Å². The molecule has 0 spiro atoms. The van der Waals surface area contributed by atoms with E-state index >= 15 is 0 Å². The summed E-state index contributed by atoms with van der Waals surface area (Å²) in [5.74, 6) is -0.235. The van der Waals surface area contributed by atoms with Gasteiger partial charge in [0, 0.05) is 31.7 Å². The van der Waals surface area contributed by atoms with E-state index in [0.717, 1.165) is 0 Å². The van der Waals surface area contributed by atoms with Crippen LogP contribution in [0, 0.1) is 5.92 Å². The van der Waals surface area contributed by atoms with E-state index in [2.05, 4.69) is 5.32 Å². The highest BCUT2D eigenvalue weighted by molar-refractivity contribution is 7.12. The average Bonchev–Trinajstić information content (AvgIpc) is 3.33. The first kappa shape index (κ1) is 22.0. The van der Waals surface area contributed by atoms with Crippen molar-refractivity contribution in [2.45, 2.75) is 32.7 Å². The maximum absolute atomic E-state index is 13.2. The third-order valence-corrected chi connectivity index (χ3v) is 6.56. The molecule has 1 aromatic carbocycles. The summed E-state index contributed by atoms with van der Waals surface area (Å²) in [6.07, 6.45) is 1.36. The van der Waals surface area contributed by atoms with Crippen LogP contribution in [0.4, 0.5) is 0 Å². The van der Waals surface area contributed by atoms with Crippen molar-refractivity contribution in [2.24, 2.45) is 5.92 Å². The predicted octanol–water partition coefficient (Wildman–Crippen LogP) is 3.27. The zero-order valence-electron chi connectivity index (χ0n) is 17.5. The maximum Gasteiger partial charge on any atom is 0.262 e. The van der Waals surface area contributed by atoms with Gasteiger partial charge in [-0.15, -0.1) is 11.3 Å². The standard InChI is InChI=1S/C23H29N3O3S/c1-3-25(4-2)23(29)20(24-21(27)19-11-8-16-30-19)17-12-14-26(15-13-17)22(28)18-9-6-5-7-10-18/h5-11,16-17,20H,3-4,12-15H2,1-2H3,(H,24,27). The van der Waals surface area contributed by atoms with E-state index in [0.29, 0.717) is 49.5 Å². The molecule has 1 unspecified atom stereocenters. The minimum absolute atomic E-state index is 0.00170. The van der Waals surface area contributed by atoms with Crippen LogP contribution >= 0.6 is 11.3 Å². The lowest BCUT2D eigenvalue weighted by Gasteiger charge is -2.37. The molecule has 6 nitrogen and oxygen atoms in total. The van der Waals surface area contributed by atoms with Crippen molar-refractivity contribution in [1.82, 2.24) is 15.1 Å². The normalized spacial score (nSPS) is 15.5. The Labute approximate surface area is 181 Å². The van der Waals surface area contributed by atoms with Gasteiger partial charge in [-0.3, -0.25) is 14.4 Å². The number of hydrogen-bond acceptors (Lipinski definition) is 4. The number of likely N-dealkylation sites (tertiary alicyclic amines) is 1. The summed E-state index contributed by atoms with van der Waals surface area (Å²) in [7, 11) is 0. The number of likely N-dealkylation sites (N-methyl/N-ethyl adjacent to an activating group) is 1. The maximum atomic E-state index is 13.2. The number of carbonyl (C=O) groups is 3. The Bertz CT molecular complexity index is 842. The quantitative estimate of drug-likeness (QED) is 0.737. The summed E-state index contributed by atoms with van der Waals surface area (Å²) in [6, 6.07) is 12.3. The molecule has 1 aliphatic heterocycles. The van der Waals surface area contributed by atoms with Gasteiger partial charge in [0.25, 0.3) is 11.8 Å². The van der Waals surface area contributed by atoms with E-state index in [4.69, 9.17) is 0 Å². The van der Waals surface area contributed by atoms with E-state index < -0.39 is 6.04 Å². The highest BCUT2D eigenvalue weighted by Crippen LogP contribution is 2.24. The number of carbonyl (C=O) groups excluding carboxylic acids is 3. The first-order chi connectivity index (χ1) is 14.5. The molecule has 1 atom stereocenters. The fourth-order valence-corrected chi connectivity index (χ4v) is 4.56. The van der Waals surface area contributed by atoms with Crippen LogP contribution in [-0.2, 0) is 4.79 Å². The average molecular weight is 428 g/mol. The van der Waals surface area contributed by atoms with Crippen LogP contribution in [0.25, 0.3) is 0 Å². The Morgan fingerprint density at radius 2 is 1.73 bits per heavy atom. The molecule has 1 aliphatic rings.